The average Bonchev–Trinajstić information content (AvgIpc) is 3.48. The zero-order chi connectivity index (χ0) is 31.3. The third kappa shape index (κ3) is 4.26. The summed E-state index contributed by atoms with van der Waals surface area (Å²) >= 11 is 0. The van der Waals surface area contributed by atoms with Crippen molar-refractivity contribution in [2.45, 2.75) is 0 Å². The van der Waals surface area contributed by atoms with Gasteiger partial charge in [-0.1, -0.05) is 140 Å². The van der Waals surface area contributed by atoms with Gasteiger partial charge in [-0.25, -0.2) is 4.85 Å². The summed E-state index contributed by atoms with van der Waals surface area (Å²) in [6.07, 6.45) is 0. The molecule has 0 atom stereocenters. The van der Waals surface area contributed by atoms with Crippen LogP contribution in [0.3, 0.4) is 0 Å². The predicted molar refractivity (Wildman–Crippen MR) is 198 cm³/mol. The quantitative estimate of drug-likeness (QED) is 0.141. The maximum absolute atomic E-state index is 7.95. The van der Waals surface area contributed by atoms with Gasteiger partial charge in [0.15, 0.2) is 5.69 Å². The Balaban J connectivity index is 1.34. The Morgan fingerprint density at radius 2 is 0.894 bits per heavy atom. The van der Waals surface area contributed by atoms with Gasteiger partial charge in [0.05, 0.1) is 17.6 Å². The van der Waals surface area contributed by atoms with Crippen LogP contribution < -0.4 is 0 Å². The number of nitrogens with zero attached hydrogens (tertiary/aromatic N) is 2. The summed E-state index contributed by atoms with van der Waals surface area (Å²) in [7, 11) is 0. The molecule has 0 saturated heterocycles. The van der Waals surface area contributed by atoms with Crippen molar-refractivity contribution in [1.29, 1.82) is 0 Å². The highest BCUT2D eigenvalue weighted by Gasteiger charge is 2.20. The summed E-state index contributed by atoms with van der Waals surface area (Å²) < 4.78 is 2.36. The van der Waals surface area contributed by atoms with Crippen LogP contribution in [0, 0.1) is 6.57 Å². The molecule has 0 bridgehead atoms. The maximum Gasteiger partial charge on any atom is 0.187 e. The minimum atomic E-state index is 0.627. The van der Waals surface area contributed by atoms with Crippen LogP contribution >= 0.6 is 0 Å². The lowest BCUT2D eigenvalue weighted by Crippen LogP contribution is -1.95. The predicted octanol–water partition coefficient (Wildman–Crippen LogP) is 12.6. The van der Waals surface area contributed by atoms with Gasteiger partial charge in [0, 0.05) is 16.5 Å². The van der Waals surface area contributed by atoms with E-state index < -0.39 is 0 Å². The Hall–Kier alpha value is -6.43. The molecule has 0 aliphatic carbocycles. The molecule has 1 heterocycles. The summed E-state index contributed by atoms with van der Waals surface area (Å²) in [5.74, 6) is 0. The highest BCUT2D eigenvalue weighted by molar-refractivity contribution is 6.22. The van der Waals surface area contributed by atoms with Crippen molar-refractivity contribution < 1.29 is 0 Å². The van der Waals surface area contributed by atoms with Crippen molar-refractivity contribution in [3.8, 4) is 39.1 Å². The van der Waals surface area contributed by atoms with E-state index >= 15 is 0 Å². The zero-order valence-electron chi connectivity index (χ0n) is 25.6. The topological polar surface area (TPSA) is 9.29 Å². The molecule has 0 amide bonds. The molecule has 0 saturated carbocycles. The van der Waals surface area contributed by atoms with E-state index in [0.717, 1.165) is 27.9 Å². The fourth-order valence-electron chi connectivity index (χ4n) is 7.41. The molecule has 8 aromatic carbocycles. The summed E-state index contributed by atoms with van der Waals surface area (Å²) in [5.41, 5.74) is 10.9. The molecule has 9 rings (SSSR count). The molecule has 0 aliphatic rings. The van der Waals surface area contributed by atoms with Crippen molar-refractivity contribution >= 4 is 49.0 Å². The Labute approximate surface area is 273 Å². The van der Waals surface area contributed by atoms with E-state index in [1.807, 2.05) is 6.07 Å². The SMILES string of the molecule is [C-]#[N+]c1ccc(-c2cccc(-n3c4ccccc4c4ccccc43)c2)c(-c2c3ccccc3c(-c3ccccc3)c3ccccc23)c1. The Kier molecular flexibility index (Phi) is 6.23. The maximum atomic E-state index is 7.95. The van der Waals surface area contributed by atoms with Gasteiger partial charge < -0.3 is 4.57 Å². The van der Waals surface area contributed by atoms with Gasteiger partial charge in [-0.15, -0.1) is 0 Å². The van der Waals surface area contributed by atoms with Crippen molar-refractivity contribution in [3.05, 3.63) is 181 Å². The van der Waals surface area contributed by atoms with Crippen LogP contribution in [-0.4, -0.2) is 4.57 Å². The highest BCUT2D eigenvalue weighted by atomic mass is 15.0. The lowest BCUT2D eigenvalue weighted by Gasteiger charge is -2.20. The molecule has 0 unspecified atom stereocenters. The van der Waals surface area contributed by atoms with Gasteiger partial charge in [0.2, 0.25) is 0 Å². The lowest BCUT2D eigenvalue weighted by molar-refractivity contribution is 1.18. The Bertz CT molecular complexity index is 2580. The van der Waals surface area contributed by atoms with E-state index in [2.05, 4.69) is 173 Å². The van der Waals surface area contributed by atoms with Crippen LogP contribution in [0.5, 0.6) is 0 Å². The first-order valence-electron chi connectivity index (χ1n) is 15.9. The standard InChI is InChI=1S/C45H28N2/c1-46-32-26-27-34(31-16-13-17-33(28-31)47-42-24-11-9-18-35(42)36-19-10-12-25-43(36)47)41(29-32)45-39-22-7-5-20-37(39)44(30-14-3-2-4-15-30)38-21-6-8-23-40(38)45/h2-29H. The largest absolute Gasteiger partial charge is 0.309 e. The molecular formula is C45H28N2. The second-order valence-corrected chi connectivity index (χ2v) is 12.0. The lowest BCUT2D eigenvalue weighted by atomic mass is 9.83. The molecular weight excluding hydrogens is 569 g/mol. The number of para-hydroxylation sites is 2. The van der Waals surface area contributed by atoms with Crippen molar-refractivity contribution in [2.24, 2.45) is 0 Å². The van der Waals surface area contributed by atoms with E-state index in [9.17, 15) is 0 Å². The fraction of sp³-hybridized carbons (Fsp3) is 0. The number of rotatable bonds is 4. The van der Waals surface area contributed by atoms with E-state index in [1.165, 1.54) is 54.5 Å². The Morgan fingerprint density at radius 3 is 1.49 bits per heavy atom. The molecule has 0 fully saturated rings. The molecule has 0 spiro atoms. The molecule has 0 aliphatic heterocycles. The molecule has 0 N–H and O–H groups in total. The van der Waals surface area contributed by atoms with Crippen LogP contribution in [0.15, 0.2) is 170 Å². The highest BCUT2D eigenvalue weighted by Crippen LogP contribution is 2.47. The van der Waals surface area contributed by atoms with Gasteiger partial charge >= 0.3 is 0 Å². The van der Waals surface area contributed by atoms with E-state index in [4.69, 9.17) is 6.57 Å². The third-order valence-electron chi connectivity index (χ3n) is 9.39. The fourth-order valence-corrected chi connectivity index (χ4v) is 7.41. The Morgan fingerprint density at radius 1 is 0.383 bits per heavy atom. The smallest absolute Gasteiger partial charge is 0.187 e. The molecule has 9 aromatic rings. The van der Waals surface area contributed by atoms with Crippen LogP contribution in [0.1, 0.15) is 0 Å². The number of aromatic nitrogens is 1. The second kappa shape index (κ2) is 10.9. The van der Waals surface area contributed by atoms with Gasteiger partial charge in [-0.3, -0.25) is 0 Å². The normalized spacial score (nSPS) is 11.4. The minimum absolute atomic E-state index is 0.627. The number of hydrogen-bond donors (Lipinski definition) is 0. The first kappa shape index (κ1) is 26.9. The first-order chi connectivity index (χ1) is 23.3. The van der Waals surface area contributed by atoms with Crippen molar-refractivity contribution in [1.82, 2.24) is 4.57 Å². The molecule has 2 nitrogen and oxygen atoms in total. The monoisotopic (exact) mass is 596 g/mol. The zero-order valence-corrected chi connectivity index (χ0v) is 25.6. The van der Waals surface area contributed by atoms with Crippen LogP contribution in [0.2, 0.25) is 0 Å². The van der Waals surface area contributed by atoms with Gasteiger partial charge in [-0.2, -0.15) is 0 Å². The summed E-state index contributed by atoms with van der Waals surface area (Å²) in [6.45, 7) is 7.95. The molecule has 218 valence electrons. The number of benzene rings is 8. The van der Waals surface area contributed by atoms with Crippen molar-refractivity contribution in [2.75, 3.05) is 0 Å². The third-order valence-corrected chi connectivity index (χ3v) is 9.39. The minimum Gasteiger partial charge on any atom is -0.309 e. The number of hydrogen-bond acceptors (Lipinski definition) is 0. The number of fused-ring (bicyclic) bond motifs is 5. The summed E-state index contributed by atoms with van der Waals surface area (Å²) in [6, 6.07) is 60.3. The van der Waals surface area contributed by atoms with Gasteiger partial charge in [0.1, 0.15) is 0 Å². The van der Waals surface area contributed by atoms with Gasteiger partial charge in [-0.05, 0) is 85.3 Å². The van der Waals surface area contributed by atoms with E-state index in [1.54, 1.807) is 0 Å². The van der Waals surface area contributed by atoms with Crippen LogP contribution in [0.4, 0.5) is 5.69 Å². The average molecular weight is 597 g/mol. The van der Waals surface area contributed by atoms with E-state index in [-0.39, 0.29) is 0 Å². The molecule has 2 heteroatoms. The first-order valence-corrected chi connectivity index (χ1v) is 15.9. The summed E-state index contributed by atoms with van der Waals surface area (Å²) in [4.78, 5) is 3.89. The molecule has 1 aromatic heterocycles. The molecule has 0 radical (unpaired) electrons. The van der Waals surface area contributed by atoms with E-state index in [0.29, 0.717) is 5.69 Å². The van der Waals surface area contributed by atoms with Gasteiger partial charge in [0.25, 0.3) is 0 Å². The van der Waals surface area contributed by atoms with Crippen molar-refractivity contribution in [3.63, 3.8) is 0 Å². The summed E-state index contributed by atoms with van der Waals surface area (Å²) in [5, 5.41) is 7.23. The van der Waals surface area contributed by atoms with Crippen LogP contribution in [0.25, 0.3) is 87.3 Å². The second-order valence-electron chi connectivity index (χ2n) is 12.0. The molecule has 47 heavy (non-hydrogen) atoms. The van der Waals surface area contributed by atoms with Crippen LogP contribution in [-0.2, 0) is 0 Å².